The highest BCUT2D eigenvalue weighted by atomic mass is 32.1. The third kappa shape index (κ3) is 5.71. The molecule has 4 aromatic rings. The molecule has 1 aliphatic rings. The van der Waals surface area contributed by atoms with Gasteiger partial charge in [-0.1, -0.05) is 0 Å². The van der Waals surface area contributed by atoms with Gasteiger partial charge in [0.2, 0.25) is 0 Å². The van der Waals surface area contributed by atoms with Crippen LogP contribution in [0, 0.1) is 6.92 Å². The quantitative estimate of drug-likeness (QED) is 0.343. The molecule has 5 heterocycles. The van der Waals surface area contributed by atoms with E-state index >= 15 is 0 Å². The lowest BCUT2D eigenvalue weighted by atomic mass is 10.1. The van der Waals surface area contributed by atoms with E-state index < -0.39 is 18.1 Å². The average molecular weight is 516 g/mol. The molecular formula is C19H17F5N8O2S. The van der Waals surface area contributed by atoms with Crippen molar-refractivity contribution < 1.29 is 31.9 Å². The molecule has 0 radical (unpaired) electrons. The Bertz CT molecular complexity index is 1330. The van der Waals surface area contributed by atoms with Crippen molar-refractivity contribution in [1.82, 2.24) is 33.8 Å². The molecule has 1 fully saturated rings. The average Bonchev–Trinajstić information content (AvgIpc) is 3.47. The van der Waals surface area contributed by atoms with Gasteiger partial charge in [0.1, 0.15) is 5.00 Å². The van der Waals surface area contributed by atoms with Crippen molar-refractivity contribution in [2.45, 2.75) is 25.6 Å². The number of aryl methyl sites for hydroxylation is 1. The Hall–Kier alpha value is -3.66. The Balaban J connectivity index is 0.000000364. The van der Waals surface area contributed by atoms with Gasteiger partial charge in [-0.2, -0.15) is 22.6 Å². The van der Waals surface area contributed by atoms with Crippen molar-refractivity contribution in [3.63, 3.8) is 0 Å². The number of H-pyrrole nitrogens is 1. The van der Waals surface area contributed by atoms with Gasteiger partial charge in [0.15, 0.2) is 11.5 Å². The van der Waals surface area contributed by atoms with Crippen molar-refractivity contribution in [3.8, 4) is 11.3 Å². The van der Waals surface area contributed by atoms with Crippen LogP contribution in [0.15, 0.2) is 30.9 Å². The lowest BCUT2D eigenvalue weighted by Crippen LogP contribution is -2.55. The molecule has 0 aromatic carbocycles. The molecule has 0 saturated carbocycles. The molecule has 3 N–H and O–H groups in total. The molecule has 0 amide bonds. The van der Waals surface area contributed by atoms with E-state index in [0.717, 1.165) is 27.6 Å². The second-order valence-corrected chi connectivity index (χ2v) is 8.47. The molecule has 16 heteroatoms. The zero-order chi connectivity index (χ0) is 25.4. The number of hydrogen-bond acceptors (Lipinski definition) is 8. The van der Waals surface area contributed by atoms with Crippen LogP contribution in [0.5, 0.6) is 0 Å². The summed E-state index contributed by atoms with van der Waals surface area (Å²) in [7, 11) is 0. The molecule has 10 nitrogen and oxygen atoms in total. The van der Waals surface area contributed by atoms with Crippen molar-refractivity contribution in [1.29, 1.82) is 0 Å². The van der Waals surface area contributed by atoms with E-state index in [-0.39, 0.29) is 13.1 Å². The Kier molecular flexibility index (Phi) is 6.42. The minimum Gasteiger partial charge on any atom is -0.475 e. The molecule has 0 unspecified atom stereocenters. The van der Waals surface area contributed by atoms with E-state index in [1.54, 1.807) is 23.5 Å². The summed E-state index contributed by atoms with van der Waals surface area (Å²) in [6.45, 7) is 1.90. The molecule has 1 aliphatic heterocycles. The maximum atomic E-state index is 13.0. The molecule has 0 bridgehead atoms. The SMILES string of the molecule is Cc1cn2c(-c3cn[nH]c3)cnc2c(Nc2cc(CN3CC(F)(F)C3)ns2)n1.O=C(O)C(F)(F)F. The van der Waals surface area contributed by atoms with Gasteiger partial charge in [-0.05, 0) is 24.5 Å². The van der Waals surface area contributed by atoms with Crippen LogP contribution in [0.3, 0.4) is 0 Å². The fourth-order valence-electron chi connectivity index (χ4n) is 3.31. The number of imidazole rings is 1. The van der Waals surface area contributed by atoms with Crippen molar-refractivity contribution >= 4 is 34.0 Å². The Labute approximate surface area is 197 Å². The number of hydrogen-bond donors (Lipinski definition) is 3. The number of carboxylic acids is 1. The van der Waals surface area contributed by atoms with Crippen LogP contribution in [0.1, 0.15) is 11.4 Å². The van der Waals surface area contributed by atoms with Crippen LogP contribution in [-0.2, 0) is 11.3 Å². The Morgan fingerprint density at radius 3 is 2.63 bits per heavy atom. The minimum atomic E-state index is -5.08. The predicted molar refractivity (Wildman–Crippen MR) is 115 cm³/mol. The van der Waals surface area contributed by atoms with Crippen molar-refractivity contribution in [2.24, 2.45) is 0 Å². The van der Waals surface area contributed by atoms with Gasteiger partial charge in [-0.15, -0.1) is 0 Å². The largest absolute Gasteiger partial charge is 0.490 e. The topological polar surface area (TPSA) is 124 Å². The summed E-state index contributed by atoms with van der Waals surface area (Å²) in [6.07, 6.45) is 2.15. The highest BCUT2D eigenvalue weighted by Gasteiger charge is 2.43. The van der Waals surface area contributed by atoms with Crippen LogP contribution < -0.4 is 5.32 Å². The maximum absolute atomic E-state index is 13.0. The van der Waals surface area contributed by atoms with Gasteiger partial charge >= 0.3 is 12.1 Å². The monoisotopic (exact) mass is 516 g/mol. The summed E-state index contributed by atoms with van der Waals surface area (Å²) in [5, 5.41) is 18.0. The first kappa shape index (κ1) is 24.5. The first-order valence-electron chi connectivity index (χ1n) is 9.88. The zero-order valence-electron chi connectivity index (χ0n) is 17.8. The number of halogens is 5. The summed E-state index contributed by atoms with van der Waals surface area (Å²) in [5.74, 6) is -4.71. The molecule has 1 saturated heterocycles. The van der Waals surface area contributed by atoms with Gasteiger partial charge in [0.05, 0.1) is 42.6 Å². The number of likely N-dealkylation sites (tertiary alicyclic amines) is 1. The smallest absolute Gasteiger partial charge is 0.475 e. The van der Waals surface area contributed by atoms with Crippen LogP contribution in [0.2, 0.25) is 0 Å². The highest BCUT2D eigenvalue weighted by molar-refractivity contribution is 7.10. The number of nitrogens with zero attached hydrogens (tertiary/aromatic N) is 6. The fraction of sp³-hybridized carbons (Fsp3) is 0.316. The first-order chi connectivity index (χ1) is 16.4. The highest BCUT2D eigenvalue weighted by Crippen LogP contribution is 2.30. The fourth-order valence-corrected chi connectivity index (χ4v) is 3.97. The van der Waals surface area contributed by atoms with Crippen LogP contribution >= 0.6 is 11.5 Å². The minimum absolute atomic E-state index is 0.210. The van der Waals surface area contributed by atoms with Gasteiger partial charge < -0.3 is 10.4 Å². The standard InChI is InChI=1S/C17H16F2N8S.C2HF3O2/c1-10-6-27-13(11-3-21-22-4-11)5-20-16(27)15(23-10)24-14-2-12(25-28-14)7-26-8-17(18,19)9-26;3-2(4,5)1(6)7/h2-6H,7-9H2,1H3,(H,21,22)(H,23,24);(H,6,7). The summed E-state index contributed by atoms with van der Waals surface area (Å²) >= 11 is 1.27. The molecule has 186 valence electrons. The zero-order valence-corrected chi connectivity index (χ0v) is 18.7. The number of anilines is 2. The van der Waals surface area contributed by atoms with E-state index in [9.17, 15) is 22.0 Å². The number of carboxylic acid groups (broad SMARTS) is 1. The summed E-state index contributed by atoms with van der Waals surface area (Å²) in [6, 6.07) is 1.86. The summed E-state index contributed by atoms with van der Waals surface area (Å²) in [5.41, 5.74) is 4.09. The Morgan fingerprint density at radius 1 is 1.31 bits per heavy atom. The number of aromatic nitrogens is 6. The molecule has 5 rings (SSSR count). The van der Waals surface area contributed by atoms with E-state index in [1.165, 1.54) is 11.5 Å². The number of carbonyl (C=O) groups is 1. The van der Waals surface area contributed by atoms with Gasteiger partial charge in [-0.3, -0.25) is 14.4 Å². The summed E-state index contributed by atoms with van der Waals surface area (Å²) < 4.78 is 64.0. The molecule has 0 spiro atoms. The van der Waals surface area contributed by atoms with Gasteiger partial charge in [0, 0.05) is 24.5 Å². The van der Waals surface area contributed by atoms with Crippen molar-refractivity contribution in [2.75, 3.05) is 18.4 Å². The van der Waals surface area contributed by atoms with E-state index in [2.05, 4.69) is 29.9 Å². The third-order valence-electron chi connectivity index (χ3n) is 4.75. The lowest BCUT2D eigenvalue weighted by molar-refractivity contribution is -0.192. The van der Waals surface area contributed by atoms with Crippen LogP contribution in [-0.4, -0.2) is 70.1 Å². The second-order valence-electron chi connectivity index (χ2n) is 7.67. The first-order valence-corrected chi connectivity index (χ1v) is 10.7. The van der Waals surface area contributed by atoms with E-state index in [1.807, 2.05) is 23.6 Å². The van der Waals surface area contributed by atoms with Gasteiger partial charge in [0.25, 0.3) is 5.92 Å². The lowest BCUT2D eigenvalue weighted by Gasteiger charge is -2.38. The molecule has 0 aliphatic carbocycles. The maximum Gasteiger partial charge on any atom is 0.490 e. The molecule has 35 heavy (non-hydrogen) atoms. The number of alkyl halides is 5. The third-order valence-corrected chi connectivity index (χ3v) is 5.49. The number of aromatic amines is 1. The number of rotatable bonds is 5. The number of fused-ring (bicyclic) bond motifs is 1. The normalized spacial score (nSPS) is 15.4. The predicted octanol–water partition coefficient (Wildman–Crippen LogP) is 3.71. The molecule has 0 atom stereocenters. The number of nitrogens with one attached hydrogen (secondary N) is 2. The number of aliphatic carboxylic acids is 1. The van der Waals surface area contributed by atoms with Crippen LogP contribution in [0.4, 0.5) is 32.8 Å². The van der Waals surface area contributed by atoms with Crippen molar-refractivity contribution in [3.05, 3.63) is 42.2 Å². The van der Waals surface area contributed by atoms with E-state index in [0.29, 0.717) is 18.0 Å². The van der Waals surface area contributed by atoms with E-state index in [4.69, 9.17) is 9.90 Å². The summed E-state index contributed by atoms with van der Waals surface area (Å²) in [4.78, 5) is 19.6. The van der Waals surface area contributed by atoms with Crippen LogP contribution in [0.25, 0.3) is 16.9 Å². The molecular weight excluding hydrogens is 499 g/mol. The van der Waals surface area contributed by atoms with Gasteiger partial charge in [-0.25, -0.2) is 23.5 Å². The second kappa shape index (κ2) is 9.18. The Morgan fingerprint density at radius 2 is 2.03 bits per heavy atom. The molecule has 4 aromatic heterocycles.